The van der Waals surface area contributed by atoms with Crippen LogP contribution in [-0.4, -0.2) is 18.1 Å². The van der Waals surface area contributed by atoms with Crippen LogP contribution in [0.25, 0.3) is 0 Å². The van der Waals surface area contributed by atoms with Gasteiger partial charge in [-0.1, -0.05) is 6.07 Å². The molecule has 1 aromatic rings. The summed E-state index contributed by atoms with van der Waals surface area (Å²) in [5.41, 5.74) is 7.40. The standard InChI is InChI=1S/C9H14ClN3/c10-5-9-2-1-8(7-13-9)6-12-4-3-11/h1-2,7,12H,3-6,11H2. The molecule has 0 aliphatic rings. The monoisotopic (exact) mass is 199 g/mol. The molecular formula is C9H14ClN3. The van der Waals surface area contributed by atoms with E-state index in [4.69, 9.17) is 17.3 Å². The van der Waals surface area contributed by atoms with Gasteiger partial charge in [-0.2, -0.15) is 0 Å². The Bertz CT molecular complexity index is 235. The zero-order chi connectivity index (χ0) is 9.52. The quantitative estimate of drug-likeness (QED) is 0.547. The van der Waals surface area contributed by atoms with Crippen molar-refractivity contribution in [2.24, 2.45) is 5.73 Å². The highest BCUT2D eigenvalue weighted by Gasteiger charge is 1.93. The Hall–Kier alpha value is -0.640. The van der Waals surface area contributed by atoms with Gasteiger partial charge in [0.1, 0.15) is 0 Å². The van der Waals surface area contributed by atoms with Gasteiger partial charge >= 0.3 is 0 Å². The van der Waals surface area contributed by atoms with E-state index >= 15 is 0 Å². The van der Waals surface area contributed by atoms with Crippen molar-refractivity contribution in [2.45, 2.75) is 12.4 Å². The van der Waals surface area contributed by atoms with Gasteiger partial charge in [-0.15, -0.1) is 11.6 Å². The van der Waals surface area contributed by atoms with Crippen LogP contribution in [0.1, 0.15) is 11.3 Å². The van der Waals surface area contributed by atoms with E-state index in [1.165, 1.54) is 0 Å². The Morgan fingerprint density at radius 1 is 1.46 bits per heavy atom. The summed E-state index contributed by atoms with van der Waals surface area (Å²) >= 11 is 5.61. The van der Waals surface area contributed by atoms with Crippen molar-refractivity contribution in [3.8, 4) is 0 Å². The van der Waals surface area contributed by atoms with Gasteiger partial charge in [0.25, 0.3) is 0 Å². The van der Waals surface area contributed by atoms with Crippen molar-refractivity contribution in [3.05, 3.63) is 29.6 Å². The Morgan fingerprint density at radius 2 is 2.31 bits per heavy atom. The van der Waals surface area contributed by atoms with Crippen LogP contribution < -0.4 is 11.1 Å². The first-order valence-electron chi connectivity index (χ1n) is 4.27. The Morgan fingerprint density at radius 3 is 2.85 bits per heavy atom. The van der Waals surface area contributed by atoms with E-state index in [9.17, 15) is 0 Å². The second-order valence-corrected chi connectivity index (χ2v) is 3.02. The molecule has 0 amide bonds. The van der Waals surface area contributed by atoms with E-state index in [0.29, 0.717) is 12.4 Å². The Kier molecular flexibility index (Phi) is 4.75. The number of halogens is 1. The summed E-state index contributed by atoms with van der Waals surface area (Å²) in [6.45, 7) is 2.30. The number of rotatable bonds is 5. The van der Waals surface area contributed by atoms with E-state index in [2.05, 4.69) is 10.3 Å². The predicted molar refractivity (Wildman–Crippen MR) is 54.6 cm³/mol. The molecule has 0 radical (unpaired) electrons. The highest BCUT2D eigenvalue weighted by Crippen LogP contribution is 2.02. The first-order valence-corrected chi connectivity index (χ1v) is 4.81. The SMILES string of the molecule is NCCNCc1ccc(CCl)nc1. The highest BCUT2D eigenvalue weighted by atomic mass is 35.5. The van der Waals surface area contributed by atoms with Crippen molar-refractivity contribution in [1.82, 2.24) is 10.3 Å². The lowest BCUT2D eigenvalue weighted by molar-refractivity contribution is 0.692. The Labute approximate surface area is 83.3 Å². The van der Waals surface area contributed by atoms with Crippen molar-refractivity contribution >= 4 is 11.6 Å². The minimum absolute atomic E-state index is 0.469. The second-order valence-electron chi connectivity index (χ2n) is 2.76. The summed E-state index contributed by atoms with van der Waals surface area (Å²) < 4.78 is 0. The second kappa shape index (κ2) is 5.91. The van der Waals surface area contributed by atoms with E-state index < -0.39 is 0 Å². The van der Waals surface area contributed by atoms with E-state index in [-0.39, 0.29) is 0 Å². The molecule has 0 saturated carbocycles. The highest BCUT2D eigenvalue weighted by molar-refractivity contribution is 6.16. The molecule has 0 bridgehead atoms. The largest absolute Gasteiger partial charge is 0.329 e. The Balaban J connectivity index is 2.40. The smallest absolute Gasteiger partial charge is 0.0647 e. The van der Waals surface area contributed by atoms with E-state index in [1.54, 1.807) is 0 Å². The number of nitrogens with zero attached hydrogens (tertiary/aromatic N) is 1. The molecule has 0 aromatic carbocycles. The first-order chi connectivity index (χ1) is 6.36. The third-order valence-electron chi connectivity index (χ3n) is 1.67. The van der Waals surface area contributed by atoms with Gasteiger partial charge in [0, 0.05) is 25.8 Å². The van der Waals surface area contributed by atoms with Gasteiger partial charge in [0.15, 0.2) is 0 Å². The predicted octanol–water partition coefficient (Wildman–Crippen LogP) is 0.869. The minimum atomic E-state index is 0.469. The number of alkyl halides is 1. The minimum Gasteiger partial charge on any atom is -0.329 e. The van der Waals surface area contributed by atoms with Gasteiger partial charge in [-0.05, 0) is 11.6 Å². The summed E-state index contributed by atoms with van der Waals surface area (Å²) in [6.07, 6.45) is 1.83. The van der Waals surface area contributed by atoms with Crippen LogP contribution in [0.15, 0.2) is 18.3 Å². The number of hydrogen-bond donors (Lipinski definition) is 2. The number of nitrogens with two attached hydrogens (primary N) is 1. The molecule has 3 nitrogen and oxygen atoms in total. The summed E-state index contributed by atoms with van der Waals surface area (Å²) in [5, 5.41) is 3.19. The average Bonchev–Trinajstić information content (AvgIpc) is 2.19. The third kappa shape index (κ3) is 3.72. The fourth-order valence-electron chi connectivity index (χ4n) is 0.974. The summed E-state index contributed by atoms with van der Waals surface area (Å²) in [4.78, 5) is 4.17. The fraction of sp³-hybridized carbons (Fsp3) is 0.444. The number of nitrogens with one attached hydrogen (secondary N) is 1. The topological polar surface area (TPSA) is 50.9 Å². The molecule has 0 unspecified atom stereocenters. The lowest BCUT2D eigenvalue weighted by atomic mass is 10.2. The molecule has 1 aromatic heterocycles. The molecule has 3 N–H and O–H groups in total. The lowest BCUT2D eigenvalue weighted by Crippen LogP contribution is -2.21. The maximum atomic E-state index is 5.61. The molecule has 0 fully saturated rings. The summed E-state index contributed by atoms with van der Waals surface area (Å²) in [6, 6.07) is 3.96. The van der Waals surface area contributed by atoms with Gasteiger partial charge < -0.3 is 11.1 Å². The van der Waals surface area contributed by atoms with Crippen LogP contribution in [-0.2, 0) is 12.4 Å². The number of hydrogen-bond acceptors (Lipinski definition) is 3. The normalized spacial score (nSPS) is 10.3. The van der Waals surface area contributed by atoms with Crippen LogP contribution in [0.2, 0.25) is 0 Å². The summed E-state index contributed by atoms with van der Waals surface area (Å²) in [5.74, 6) is 0.469. The molecule has 0 saturated heterocycles. The van der Waals surface area contributed by atoms with Crippen LogP contribution >= 0.6 is 11.6 Å². The van der Waals surface area contributed by atoms with Gasteiger partial charge in [0.05, 0.1) is 11.6 Å². The van der Waals surface area contributed by atoms with Crippen LogP contribution in [0.5, 0.6) is 0 Å². The first kappa shape index (κ1) is 10.4. The van der Waals surface area contributed by atoms with E-state index in [0.717, 1.165) is 24.3 Å². The molecule has 13 heavy (non-hydrogen) atoms. The lowest BCUT2D eigenvalue weighted by Gasteiger charge is -2.02. The molecule has 0 spiro atoms. The zero-order valence-corrected chi connectivity index (χ0v) is 8.22. The molecule has 1 heterocycles. The van der Waals surface area contributed by atoms with Crippen molar-refractivity contribution < 1.29 is 0 Å². The maximum absolute atomic E-state index is 5.61. The molecule has 0 atom stereocenters. The van der Waals surface area contributed by atoms with Crippen molar-refractivity contribution in [2.75, 3.05) is 13.1 Å². The zero-order valence-electron chi connectivity index (χ0n) is 7.46. The molecule has 0 aliphatic heterocycles. The molecule has 0 aliphatic carbocycles. The third-order valence-corrected chi connectivity index (χ3v) is 1.95. The van der Waals surface area contributed by atoms with Crippen molar-refractivity contribution in [3.63, 3.8) is 0 Å². The summed E-state index contributed by atoms with van der Waals surface area (Å²) in [7, 11) is 0. The van der Waals surface area contributed by atoms with Crippen LogP contribution in [0.3, 0.4) is 0 Å². The molecule has 4 heteroatoms. The van der Waals surface area contributed by atoms with Crippen molar-refractivity contribution in [1.29, 1.82) is 0 Å². The average molecular weight is 200 g/mol. The fourth-order valence-corrected chi connectivity index (χ4v) is 1.13. The number of aromatic nitrogens is 1. The maximum Gasteiger partial charge on any atom is 0.0647 e. The molecule has 72 valence electrons. The van der Waals surface area contributed by atoms with Gasteiger partial charge in [0.2, 0.25) is 0 Å². The van der Waals surface area contributed by atoms with Crippen LogP contribution in [0.4, 0.5) is 0 Å². The molecule has 1 rings (SSSR count). The van der Waals surface area contributed by atoms with E-state index in [1.807, 2.05) is 18.3 Å². The van der Waals surface area contributed by atoms with Crippen LogP contribution in [0, 0.1) is 0 Å². The van der Waals surface area contributed by atoms with Gasteiger partial charge in [-0.25, -0.2) is 0 Å². The van der Waals surface area contributed by atoms with Gasteiger partial charge in [-0.3, -0.25) is 4.98 Å². The molecular weight excluding hydrogens is 186 g/mol. The number of pyridine rings is 1.